The monoisotopic (exact) mass is 490 g/mol. The molecule has 0 spiro atoms. The van der Waals surface area contributed by atoms with Gasteiger partial charge in [0, 0.05) is 12.5 Å². The highest BCUT2D eigenvalue weighted by Gasteiger charge is 2.31. The first-order valence-corrected chi connectivity index (χ1v) is 10.6. The van der Waals surface area contributed by atoms with Crippen molar-refractivity contribution in [3.63, 3.8) is 0 Å². The van der Waals surface area contributed by atoms with Gasteiger partial charge in [-0.25, -0.2) is 9.18 Å². The Morgan fingerprint density at radius 1 is 0.943 bits per heavy atom. The summed E-state index contributed by atoms with van der Waals surface area (Å²) in [6.45, 7) is 4.52. The molecule has 35 heavy (non-hydrogen) atoms. The summed E-state index contributed by atoms with van der Waals surface area (Å²) in [5, 5.41) is 0. The van der Waals surface area contributed by atoms with Crippen LogP contribution in [0.5, 0.6) is 11.5 Å². The molecule has 0 aliphatic carbocycles. The molecule has 3 aromatic carbocycles. The molecular formula is C26H22F4O5. The molecule has 1 atom stereocenters. The molecular weight excluding hydrogens is 468 g/mol. The second kappa shape index (κ2) is 10.6. The lowest BCUT2D eigenvalue weighted by molar-refractivity contribution is -0.152. The summed E-state index contributed by atoms with van der Waals surface area (Å²) in [6.07, 6.45) is -5.98. The highest BCUT2D eigenvalue weighted by Crippen LogP contribution is 2.34. The van der Waals surface area contributed by atoms with Crippen molar-refractivity contribution >= 4 is 11.9 Å². The van der Waals surface area contributed by atoms with Gasteiger partial charge in [0.25, 0.3) is 0 Å². The summed E-state index contributed by atoms with van der Waals surface area (Å²) in [6, 6.07) is 12.6. The Hall–Kier alpha value is -3.88. The van der Waals surface area contributed by atoms with Crippen LogP contribution in [-0.4, -0.2) is 18.5 Å². The Bertz CT molecular complexity index is 1220. The number of aryl methyl sites for hydroxylation is 1. The lowest BCUT2D eigenvalue weighted by atomic mass is 9.99. The Morgan fingerprint density at radius 3 is 2.17 bits per heavy atom. The van der Waals surface area contributed by atoms with E-state index in [1.165, 1.54) is 49.4 Å². The molecule has 0 aromatic heterocycles. The summed E-state index contributed by atoms with van der Waals surface area (Å²) < 4.78 is 69.4. The highest BCUT2D eigenvalue weighted by molar-refractivity contribution is 5.78. The van der Waals surface area contributed by atoms with E-state index in [1.807, 2.05) is 0 Å². The van der Waals surface area contributed by atoms with Crippen molar-refractivity contribution in [3.05, 3.63) is 83.2 Å². The van der Waals surface area contributed by atoms with Gasteiger partial charge in [-0.3, -0.25) is 4.79 Å². The minimum absolute atomic E-state index is 0.0172. The maximum Gasteiger partial charge on any atom is 0.416 e. The van der Waals surface area contributed by atoms with Gasteiger partial charge in [0.15, 0.2) is 0 Å². The Morgan fingerprint density at radius 2 is 1.60 bits per heavy atom. The smallest absolute Gasteiger partial charge is 0.416 e. The van der Waals surface area contributed by atoms with Gasteiger partial charge in [-0.1, -0.05) is 18.2 Å². The third kappa shape index (κ3) is 6.38. The summed E-state index contributed by atoms with van der Waals surface area (Å²) in [5.41, 5.74) is 0.351. The third-order valence-electron chi connectivity index (χ3n) is 4.98. The van der Waals surface area contributed by atoms with Crippen LogP contribution in [0.4, 0.5) is 17.6 Å². The van der Waals surface area contributed by atoms with E-state index >= 15 is 0 Å². The van der Waals surface area contributed by atoms with E-state index in [0.717, 1.165) is 18.2 Å². The Kier molecular flexibility index (Phi) is 7.78. The average Bonchev–Trinajstić information content (AvgIpc) is 2.79. The molecule has 3 rings (SSSR count). The number of carbonyl (C=O) groups is 2. The number of hydrogen-bond acceptors (Lipinski definition) is 5. The van der Waals surface area contributed by atoms with E-state index in [4.69, 9.17) is 14.2 Å². The fourth-order valence-electron chi connectivity index (χ4n) is 3.33. The van der Waals surface area contributed by atoms with E-state index < -0.39 is 35.6 Å². The number of ether oxygens (including phenoxy) is 3. The van der Waals surface area contributed by atoms with Crippen molar-refractivity contribution in [2.45, 2.75) is 33.1 Å². The quantitative estimate of drug-likeness (QED) is 0.217. The van der Waals surface area contributed by atoms with Crippen LogP contribution < -0.4 is 9.47 Å². The van der Waals surface area contributed by atoms with Gasteiger partial charge in [0.2, 0.25) is 6.10 Å². The Labute approximate surface area is 199 Å². The Balaban J connectivity index is 1.98. The third-order valence-corrected chi connectivity index (χ3v) is 4.98. The molecule has 3 aromatic rings. The number of esters is 2. The van der Waals surface area contributed by atoms with E-state index in [9.17, 15) is 27.2 Å². The number of hydrogen-bond donors (Lipinski definition) is 0. The van der Waals surface area contributed by atoms with Crippen molar-refractivity contribution in [3.8, 4) is 22.6 Å². The molecule has 0 heterocycles. The molecule has 0 saturated heterocycles. The van der Waals surface area contributed by atoms with E-state index in [1.54, 1.807) is 13.8 Å². The maximum absolute atomic E-state index is 14.9. The molecule has 0 bridgehead atoms. The molecule has 5 nitrogen and oxygen atoms in total. The van der Waals surface area contributed by atoms with Gasteiger partial charge in [-0.2, -0.15) is 13.2 Å². The van der Waals surface area contributed by atoms with Crippen molar-refractivity contribution < 1.29 is 41.4 Å². The fraction of sp³-hybridized carbons (Fsp3) is 0.231. The summed E-state index contributed by atoms with van der Waals surface area (Å²) in [7, 11) is 0. The summed E-state index contributed by atoms with van der Waals surface area (Å²) >= 11 is 0. The number of rotatable bonds is 7. The second-order valence-corrected chi connectivity index (χ2v) is 7.58. The SMILES string of the molecule is CCOC(=O)C(Oc1ccc(OC(C)=O)c(C)c1)c1cc(-c2ccc(C(F)(F)F)cc2)ccc1F. The van der Waals surface area contributed by atoms with Crippen LogP contribution in [0.1, 0.15) is 36.6 Å². The first kappa shape index (κ1) is 25.7. The van der Waals surface area contributed by atoms with Crippen LogP contribution in [0.2, 0.25) is 0 Å². The standard InChI is InChI=1S/C26H22F4O5/c1-4-33-25(32)24(35-20-10-12-23(15(2)13-20)34-16(3)31)21-14-18(7-11-22(21)27)17-5-8-19(9-6-17)26(28,29)30/h5-14,24H,4H2,1-3H3. The topological polar surface area (TPSA) is 61.8 Å². The molecule has 9 heteroatoms. The zero-order chi connectivity index (χ0) is 25.8. The van der Waals surface area contributed by atoms with Crippen LogP contribution in [0.25, 0.3) is 11.1 Å². The fourth-order valence-corrected chi connectivity index (χ4v) is 3.33. The predicted octanol–water partition coefficient (Wildman–Crippen LogP) is 6.43. The van der Waals surface area contributed by atoms with Crippen molar-refractivity contribution in [2.24, 2.45) is 0 Å². The molecule has 0 fully saturated rings. The van der Waals surface area contributed by atoms with E-state index in [2.05, 4.69) is 0 Å². The minimum Gasteiger partial charge on any atom is -0.474 e. The number of carbonyl (C=O) groups excluding carboxylic acids is 2. The lowest BCUT2D eigenvalue weighted by Gasteiger charge is -2.20. The zero-order valence-corrected chi connectivity index (χ0v) is 19.1. The van der Waals surface area contributed by atoms with Crippen LogP contribution >= 0.6 is 0 Å². The lowest BCUT2D eigenvalue weighted by Crippen LogP contribution is -2.22. The average molecular weight is 490 g/mol. The van der Waals surface area contributed by atoms with Crippen molar-refractivity contribution in [1.29, 1.82) is 0 Å². The number of benzene rings is 3. The van der Waals surface area contributed by atoms with Crippen LogP contribution in [0.3, 0.4) is 0 Å². The van der Waals surface area contributed by atoms with Gasteiger partial charge in [-0.15, -0.1) is 0 Å². The predicted molar refractivity (Wildman–Crippen MR) is 119 cm³/mol. The largest absolute Gasteiger partial charge is 0.474 e. The van der Waals surface area contributed by atoms with Crippen LogP contribution in [-0.2, 0) is 20.5 Å². The van der Waals surface area contributed by atoms with Gasteiger partial charge in [-0.05, 0) is 73.0 Å². The van der Waals surface area contributed by atoms with Crippen LogP contribution in [0, 0.1) is 12.7 Å². The van der Waals surface area contributed by atoms with E-state index in [-0.39, 0.29) is 17.9 Å². The molecule has 1 unspecified atom stereocenters. The molecule has 0 amide bonds. The van der Waals surface area contributed by atoms with Gasteiger partial charge in [0.1, 0.15) is 17.3 Å². The molecule has 0 aliphatic rings. The van der Waals surface area contributed by atoms with E-state index in [0.29, 0.717) is 22.4 Å². The summed E-state index contributed by atoms with van der Waals surface area (Å²) in [4.78, 5) is 23.9. The molecule has 0 N–H and O–H groups in total. The van der Waals surface area contributed by atoms with Crippen molar-refractivity contribution in [2.75, 3.05) is 6.61 Å². The first-order chi connectivity index (χ1) is 16.5. The molecule has 184 valence electrons. The molecule has 0 aliphatic heterocycles. The van der Waals surface area contributed by atoms with Crippen LogP contribution in [0.15, 0.2) is 60.7 Å². The highest BCUT2D eigenvalue weighted by atomic mass is 19.4. The number of halogens is 4. The molecule has 0 radical (unpaired) electrons. The molecule has 0 saturated carbocycles. The van der Waals surface area contributed by atoms with Gasteiger partial charge >= 0.3 is 18.1 Å². The maximum atomic E-state index is 14.9. The van der Waals surface area contributed by atoms with Crippen molar-refractivity contribution in [1.82, 2.24) is 0 Å². The number of alkyl halides is 3. The second-order valence-electron chi connectivity index (χ2n) is 7.58. The normalized spacial score (nSPS) is 12.1. The summed E-state index contributed by atoms with van der Waals surface area (Å²) in [5.74, 6) is -1.62. The first-order valence-electron chi connectivity index (χ1n) is 10.6. The minimum atomic E-state index is -4.49. The zero-order valence-electron chi connectivity index (χ0n) is 19.1. The van der Waals surface area contributed by atoms with Gasteiger partial charge in [0.05, 0.1) is 12.2 Å². The van der Waals surface area contributed by atoms with Gasteiger partial charge < -0.3 is 14.2 Å².